The second kappa shape index (κ2) is 18.4. The van der Waals surface area contributed by atoms with Crippen molar-refractivity contribution in [2.24, 2.45) is 0 Å². The predicted molar refractivity (Wildman–Crippen MR) is 338 cm³/mol. The molecule has 4 nitrogen and oxygen atoms in total. The quantitative estimate of drug-likeness (QED) is 0.149. The van der Waals surface area contributed by atoms with Gasteiger partial charge in [0, 0.05) is 55.7 Å². The van der Waals surface area contributed by atoms with Gasteiger partial charge in [-0.15, -0.1) is 0 Å². The molecule has 0 radical (unpaired) electrons. The number of anilines is 2. The van der Waals surface area contributed by atoms with Gasteiger partial charge in [0.15, 0.2) is 5.58 Å². The van der Waals surface area contributed by atoms with Gasteiger partial charge in [-0.1, -0.05) is 233 Å². The third-order valence-electron chi connectivity index (χ3n) is 17.4. The zero-order chi connectivity index (χ0) is 53.9. The summed E-state index contributed by atoms with van der Waals surface area (Å²) in [6.07, 6.45) is 3.29. The normalized spacial score (nSPS) is 14.8. The van der Waals surface area contributed by atoms with Gasteiger partial charge in [-0.3, -0.25) is 0 Å². The fraction of sp³-hybridized carbons (Fsp3) is 0.0789. The Balaban J connectivity index is 1.07. The minimum Gasteiger partial charge on any atom is -0.458 e. The number of para-hydroxylation sites is 3. The molecule has 0 N–H and O–H groups in total. The van der Waals surface area contributed by atoms with Gasteiger partial charge in [0.05, 0.1) is 16.7 Å². The van der Waals surface area contributed by atoms with E-state index < -0.39 is 0 Å². The fourth-order valence-electron chi connectivity index (χ4n) is 13.6. The lowest BCUT2D eigenvalue weighted by atomic mass is 9.32. The molecule has 0 bridgehead atoms. The number of furan rings is 1. The summed E-state index contributed by atoms with van der Waals surface area (Å²) in [5.41, 5.74) is 23.6. The number of hydrogen-bond acceptors (Lipinski definition) is 3. The summed E-state index contributed by atoms with van der Waals surface area (Å²) in [5, 5.41) is 4.61. The molecular formula is C76H55BN2O2. The maximum atomic E-state index is 7.81. The first-order valence-corrected chi connectivity index (χ1v) is 28.4. The van der Waals surface area contributed by atoms with Crippen molar-refractivity contribution in [3.8, 4) is 50.6 Å². The summed E-state index contributed by atoms with van der Waals surface area (Å²) in [7, 11) is 0. The van der Waals surface area contributed by atoms with Gasteiger partial charge in [-0.25, -0.2) is 0 Å². The van der Waals surface area contributed by atoms with Crippen molar-refractivity contribution in [1.82, 2.24) is 4.57 Å². The molecule has 4 heterocycles. The van der Waals surface area contributed by atoms with Crippen LogP contribution in [-0.2, 0) is 5.41 Å². The average Bonchev–Trinajstić information content (AvgIpc) is 4.30. The third-order valence-corrected chi connectivity index (χ3v) is 17.4. The second-order valence-corrected chi connectivity index (χ2v) is 23.1. The van der Waals surface area contributed by atoms with Gasteiger partial charge in [-0.05, 0) is 121 Å². The molecule has 1 unspecified atom stereocenters. The highest BCUT2D eigenvalue weighted by Crippen LogP contribution is 2.55. The molecule has 81 heavy (non-hydrogen) atoms. The van der Waals surface area contributed by atoms with Crippen molar-refractivity contribution >= 4 is 78.3 Å². The Morgan fingerprint density at radius 2 is 1.09 bits per heavy atom. The number of ether oxygens (including phenoxy) is 1. The molecule has 3 aliphatic rings. The van der Waals surface area contributed by atoms with E-state index in [1.54, 1.807) is 0 Å². The Hall–Kier alpha value is -9.84. The number of aromatic nitrogens is 1. The van der Waals surface area contributed by atoms with Gasteiger partial charge in [0.25, 0.3) is 6.71 Å². The number of hydrogen-bond donors (Lipinski definition) is 0. The van der Waals surface area contributed by atoms with Crippen molar-refractivity contribution in [1.29, 1.82) is 0 Å². The van der Waals surface area contributed by atoms with E-state index in [0.29, 0.717) is 0 Å². The average molecular weight is 1040 g/mol. The second-order valence-electron chi connectivity index (χ2n) is 23.1. The largest absolute Gasteiger partial charge is 0.458 e. The molecule has 13 aromatic rings. The van der Waals surface area contributed by atoms with Crippen molar-refractivity contribution in [2.75, 3.05) is 4.90 Å². The van der Waals surface area contributed by atoms with Gasteiger partial charge in [0.2, 0.25) is 0 Å². The summed E-state index contributed by atoms with van der Waals surface area (Å²) >= 11 is 0. The van der Waals surface area contributed by atoms with Crippen LogP contribution in [0, 0.1) is 0 Å². The highest BCUT2D eigenvalue weighted by atomic mass is 16.5. The third kappa shape index (κ3) is 7.52. The monoisotopic (exact) mass is 1040 g/mol. The molecule has 0 fully saturated rings. The number of allylic oxidation sites excluding steroid dienone is 4. The standard InChI is InChI=1S/C76H55BN2O2/c1-76(2,3)54-38-36-48(37-39-54)53-42-69-72-71(43-53)81-74-63(52-28-14-7-15-29-52)44-55(78-66-33-19-16-30-57(66)58-31-17-20-34-67(58)78)45-65(74)77(72)64-46-61(50-24-10-5-11-25-50)62(51-26-12-6-13-27-51)47-68(64)79(69)73-56(49-22-8-4-9-23-49)40-41-60-59-32-18-21-35-70(59)80-75(60)73/h4-46,62H,47H2,1-3H3. The number of rotatable bonds is 7. The molecule has 0 spiro atoms. The lowest BCUT2D eigenvalue weighted by molar-refractivity contribution is 0.489. The van der Waals surface area contributed by atoms with Crippen LogP contribution in [0.15, 0.2) is 276 Å². The number of benzene rings is 11. The summed E-state index contributed by atoms with van der Waals surface area (Å²) < 4.78 is 17.6. The minimum absolute atomic E-state index is 0.00643. The van der Waals surface area contributed by atoms with Gasteiger partial charge >= 0.3 is 0 Å². The number of fused-ring (bicyclic) bond motifs is 9. The first kappa shape index (κ1) is 47.2. The Labute approximate surface area is 472 Å². The molecule has 0 saturated heterocycles. The molecule has 16 rings (SSSR count). The van der Waals surface area contributed by atoms with Gasteiger partial charge in [0.1, 0.15) is 17.1 Å². The molecule has 2 aromatic heterocycles. The molecule has 2 aliphatic heterocycles. The lowest BCUT2D eigenvalue weighted by Gasteiger charge is -2.45. The van der Waals surface area contributed by atoms with Crippen LogP contribution < -0.4 is 20.6 Å². The van der Waals surface area contributed by atoms with Crippen LogP contribution in [0.25, 0.3) is 88.4 Å². The molecule has 384 valence electrons. The zero-order valence-electron chi connectivity index (χ0n) is 45.4. The zero-order valence-corrected chi connectivity index (χ0v) is 45.4. The maximum absolute atomic E-state index is 7.81. The van der Waals surface area contributed by atoms with E-state index in [-0.39, 0.29) is 18.0 Å². The van der Waals surface area contributed by atoms with Crippen LogP contribution in [-0.4, -0.2) is 11.3 Å². The van der Waals surface area contributed by atoms with E-state index in [4.69, 9.17) is 9.15 Å². The molecule has 0 saturated carbocycles. The molecule has 5 heteroatoms. The Bertz CT molecular complexity index is 4670. The smallest absolute Gasteiger partial charge is 0.256 e. The van der Waals surface area contributed by atoms with Gasteiger partial charge in [-0.2, -0.15) is 0 Å². The summed E-state index contributed by atoms with van der Waals surface area (Å²) in [6, 6.07) is 93.4. The molecule has 0 amide bonds. The summed E-state index contributed by atoms with van der Waals surface area (Å²) in [5.74, 6) is 1.73. The van der Waals surface area contributed by atoms with Crippen LogP contribution in [0.1, 0.15) is 49.8 Å². The van der Waals surface area contributed by atoms with E-state index in [9.17, 15) is 0 Å². The Morgan fingerprint density at radius 3 is 1.75 bits per heavy atom. The highest BCUT2D eigenvalue weighted by molar-refractivity contribution is 6.94. The van der Waals surface area contributed by atoms with Gasteiger partial charge < -0.3 is 18.6 Å². The summed E-state index contributed by atoms with van der Waals surface area (Å²) in [6.45, 7) is 6.60. The highest BCUT2D eigenvalue weighted by Gasteiger charge is 2.47. The van der Waals surface area contributed by atoms with Crippen LogP contribution in [0.3, 0.4) is 0 Å². The van der Waals surface area contributed by atoms with Crippen LogP contribution in [0.4, 0.5) is 11.4 Å². The van der Waals surface area contributed by atoms with E-state index in [1.165, 1.54) is 44.2 Å². The summed E-state index contributed by atoms with van der Waals surface area (Å²) in [4.78, 5) is 2.61. The van der Waals surface area contributed by atoms with Crippen LogP contribution in [0.2, 0.25) is 0 Å². The van der Waals surface area contributed by atoms with Crippen LogP contribution >= 0.6 is 0 Å². The molecular weight excluding hydrogens is 984 g/mol. The first-order valence-electron chi connectivity index (χ1n) is 28.4. The van der Waals surface area contributed by atoms with E-state index in [2.05, 4.69) is 291 Å². The minimum atomic E-state index is -0.247. The SMILES string of the molecule is CC(C)(C)c1ccc(-c2cc3c4c(c2)N(c2c(-c5ccccc5)ccc5c2oc2ccccc25)C2=C(C=C(c5ccccc5)C(c5ccccc5)C2)B4c2cc(-n4c5ccccc5c5ccccc54)cc(-c4ccccc4)c2O3)cc1. The first-order chi connectivity index (χ1) is 39.8. The fourth-order valence-corrected chi connectivity index (χ4v) is 13.6. The van der Waals surface area contributed by atoms with Crippen molar-refractivity contribution in [2.45, 2.75) is 38.5 Å². The van der Waals surface area contributed by atoms with Crippen LogP contribution in [0.5, 0.6) is 11.5 Å². The molecule has 1 aliphatic carbocycles. The van der Waals surface area contributed by atoms with E-state index in [1.807, 2.05) is 0 Å². The van der Waals surface area contributed by atoms with Crippen molar-refractivity contribution in [3.05, 3.63) is 289 Å². The lowest BCUT2D eigenvalue weighted by Crippen LogP contribution is -2.54. The maximum Gasteiger partial charge on any atom is 0.256 e. The molecule has 11 aromatic carbocycles. The van der Waals surface area contributed by atoms with Crippen molar-refractivity contribution in [3.63, 3.8) is 0 Å². The predicted octanol–water partition coefficient (Wildman–Crippen LogP) is 18.9. The van der Waals surface area contributed by atoms with E-state index >= 15 is 0 Å². The topological polar surface area (TPSA) is 30.5 Å². The van der Waals surface area contributed by atoms with Crippen molar-refractivity contribution < 1.29 is 9.15 Å². The Kier molecular flexibility index (Phi) is 10.7. The Morgan fingerprint density at radius 1 is 0.494 bits per heavy atom. The van der Waals surface area contributed by atoms with E-state index in [0.717, 1.165) is 112 Å². The molecule has 1 atom stereocenters. The number of nitrogens with zero attached hydrogens (tertiary/aromatic N) is 2.